The van der Waals surface area contributed by atoms with Crippen LogP contribution >= 0.6 is 0 Å². The summed E-state index contributed by atoms with van der Waals surface area (Å²) in [4.78, 5) is 0. The number of aryl methyl sites for hydroxylation is 2. The number of benzene rings is 3. The minimum absolute atomic E-state index is 0.100. The van der Waals surface area contributed by atoms with Crippen LogP contribution in [0.4, 0.5) is 0 Å². The predicted molar refractivity (Wildman–Crippen MR) is 169 cm³/mol. The number of rotatable bonds is 8. The average molecular weight is 538 g/mol. The van der Waals surface area contributed by atoms with Crippen LogP contribution in [0.3, 0.4) is 0 Å². The van der Waals surface area contributed by atoms with Crippen molar-refractivity contribution in [1.82, 2.24) is 4.57 Å². The van der Waals surface area contributed by atoms with Gasteiger partial charge in [0.2, 0.25) is 0 Å². The molecule has 3 nitrogen and oxygen atoms in total. The molecule has 0 saturated carbocycles. The second-order valence-electron chi connectivity index (χ2n) is 12.1. The number of ether oxygens (including phenoxy) is 2. The summed E-state index contributed by atoms with van der Waals surface area (Å²) in [6.07, 6.45) is 1.86. The molecule has 204 valence electrons. The Balaban J connectivity index is 1.92. The van der Waals surface area contributed by atoms with Crippen molar-refractivity contribution in [2.24, 2.45) is 7.05 Å². The largest absolute Gasteiger partial charge is 0.497 e. The van der Waals surface area contributed by atoms with Gasteiger partial charge >= 0.3 is 0 Å². The first-order valence-electron chi connectivity index (χ1n) is 14.3. The van der Waals surface area contributed by atoms with Crippen molar-refractivity contribution >= 4 is 24.2 Å². The molecule has 4 heteroatoms. The summed E-state index contributed by atoms with van der Waals surface area (Å²) in [5, 5.41) is 2.76. The Labute approximate surface area is 235 Å². The van der Waals surface area contributed by atoms with Crippen molar-refractivity contribution in [2.75, 3.05) is 13.7 Å². The number of methoxy groups -OCH3 is 1. The molecule has 0 amide bonds. The second-order valence-corrected chi connectivity index (χ2v) is 17.0. The van der Waals surface area contributed by atoms with Crippen LogP contribution in [0.2, 0.25) is 12.1 Å². The van der Waals surface area contributed by atoms with Crippen LogP contribution in [0.1, 0.15) is 62.4 Å². The molecule has 1 aliphatic carbocycles. The van der Waals surface area contributed by atoms with Gasteiger partial charge in [-0.3, -0.25) is 0 Å². The third-order valence-corrected chi connectivity index (χ3v) is 14.7. The first kappa shape index (κ1) is 27.3. The molecule has 1 heterocycles. The monoisotopic (exact) mass is 537 g/mol. The first-order chi connectivity index (χ1) is 18.6. The van der Waals surface area contributed by atoms with Crippen molar-refractivity contribution < 1.29 is 9.47 Å². The zero-order chi connectivity index (χ0) is 28.1. The highest BCUT2D eigenvalue weighted by Gasteiger charge is 2.50. The van der Waals surface area contributed by atoms with Crippen LogP contribution in [-0.2, 0) is 12.5 Å². The molecular weight excluding hydrogens is 494 g/mol. The summed E-state index contributed by atoms with van der Waals surface area (Å²) in [6.45, 7) is 18.3. The summed E-state index contributed by atoms with van der Waals surface area (Å²) < 4.78 is 15.1. The highest BCUT2D eigenvalue weighted by atomic mass is 28.3. The van der Waals surface area contributed by atoms with E-state index in [9.17, 15) is 0 Å². The summed E-state index contributed by atoms with van der Waals surface area (Å²) in [5.74, 6) is 1.96. The molecule has 1 unspecified atom stereocenters. The van der Waals surface area contributed by atoms with E-state index < -0.39 is 8.07 Å². The summed E-state index contributed by atoms with van der Waals surface area (Å²) in [5.41, 5.74) is 9.75. The van der Waals surface area contributed by atoms with E-state index in [-0.39, 0.29) is 5.41 Å². The van der Waals surface area contributed by atoms with Crippen LogP contribution in [0.15, 0.2) is 67.3 Å². The molecule has 0 bridgehead atoms. The van der Waals surface area contributed by atoms with Crippen LogP contribution < -0.4 is 14.7 Å². The third-order valence-electron chi connectivity index (χ3n) is 9.01. The lowest BCUT2D eigenvalue weighted by Crippen LogP contribution is -2.53. The Kier molecular flexibility index (Phi) is 7.05. The molecule has 1 atom stereocenters. The predicted octanol–water partition coefficient (Wildman–Crippen LogP) is 8.40. The van der Waals surface area contributed by atoms with Gasteiger partial charge in [-0.2, -0.15) is 0 Å². The van der Waals surface area contributed by atoms with Crippen LogP contribution in [0.25, 0.3) is 22.2 Å². The van der Waals surface area contributed by atoms with Gasteiger partial charge in [-0.25, -0.2) is 0 Å². The second kappa shape index (κ2) is 10.1. The molecule has 1 aliphatic rings. The van der Waals surface area contributed by atoms with Crippen molar-refractivity contribution in [3.63, 3.8) is 0 Å². The van der Waals surface area contributed by atoms with Gasteiger partial charge in [-0.1, -0.05) is 95.3 Å². The van der Waals surface area contributed by atoms with E-state index in [0.717, 1.165) is 23.6 Å². The van der Waals surface area contributed by atoms with E-state index >= 15 is 0 Å². The minimum Gasteiger partial charge on any atom is -0.497 e. The Hall–Kier alpha value is -3.24. The maximum absolute atomic E-state index is 6.66. The lowest BCUT2D eigenvalue weighted by atomic mass is 9.86. The highest BCUT2D eigenvalue weighted by molar-refractivity contribution is 6.94. The highest BCUT2D eigenvalue weighted by Crippen LogP contribution is 2.55. The SMILES string of the molecule is C=CCOc1c(C(C)(C)C)cc(OC)cc1[Si](CC)(CC)C1c2ccccc2-c2c1c1cc(C)ccc1n2C. The van der Waals surface area contributed by atoms with E-state index in [1.165, 1.54) is 49.6 Å². The van der Waals surface area contributed by atoms with Crippen molar-refractivity contribution in [3.8, 4) is 22.8 Å². The molecule has 0 N–H and O–H groups in total. The number of hydrogen-bond donors (Lipinski definition) is 0. The molecule has 0 aliphatic heterocycles. The fourth-order valence-electron chi connectivity index (χ4n) is 7.04. The number of hydrogen-bond acceptors (Lipinski definition) is 2. The standard InChI is InChI=1S/C35H43NO2Si/c1-10-19-38-33-28(35(5,6)7)21-24(37-9)22-30(33)39(11-2,12-3)34-26-16-14-13-15-25(26)32-31(34)27-20-23(4)17-18-29(27)36(32)8/h10,13-18,20-22,34H,1,11-12,19H2,2-9H3. The zero-order valence-corrected chi connectivity index (χ0v) is 25.9. The third kappa shape index (κ3) is 4.15. The quantitative estimate of drug-likeness (QED) is 0.166. The first-order valence-corrected chi connectivity index (χ1v) is 16.8. The molecule has 3 aromatic carbocycles. The summed E-state index contributed by atoms with van der Waals surface area (Å²) in [7, 11) is 1.70. The molecule has 5 rings (SSSR count). The van der Waals surface area contributed by atoms with E-state index in [2.05, 4.69) is 114 Å². The smallest absolute Gasteiger partial charge is 0.123 e. The number of aromatic nitrogens is 1. The molecule has 0 saturated heterocycles. The van der Waals surface area contributed by atoms with Gasteiger partial charge in [-0.05, 0) is 52.9 Å². The van der Waals surface area contributed by atoms with Crippen molar-refractivity contribution in [3.05, 3.63) is 89.5 Å². The van der Waals surface area contributed by atoms with Gasteiger partial charge < -0.3 is 14.0 Å². The van der Waals surface area contributed by atoms with Crippen molar-refractivity contribution in [1.29, 1.82) is 0 Å². The summed E-state index contributed by atoms with van der Waals surface area (Å²) in [6, 6.07) is 22.7. The maximum atomic E-state index is 6.66. The van der Waals surface area contributed by atoms with Gasteiger partial charge in [0.1, 0.15) is 26.2 Å². The van der Waals surface area contributed by atoms with Crippen LogP contribution in [0, 0.1) is 6.92 Å². The van der Waals surface area contributed by atoms with E-state index in [1.807, 2.05) is 6.08 Å². The maximum Gasteiger partial charge on any atom is 0.123 e. The molecule has 39 heavy (non-hydrogen) atoms. The Morgan fingerprint density at radius 1 is 1.03 bits per heavy atom. The molecular formula is C35H43NO2Si. The van der Waals surface area contributed by atoms with Gasteiger partial charge in [-0.15, -0.1) is 0 Å². The van der Waals surface area contributed by atoms with Gasteiger partial charge in [0, 0.05) is 34.6 Å². The fourth-order valence-corrected chi connectivity index (χ4v) is 12.2. The van der Waals surface area contributed by atoms with E-state index in [4.69, 9.17) is 9.47 Å². The van der Waals surface area contributed by atoms with Gasteiger partial charge in [0.05, 0.1) is 12.8 Å². The molecule has 0 fully saturated rings. The Morgan fingerprint density at radius 2 is 1.74 bits per heavy atom. The normalized spacial score (nSPS) is 14.8. The molecule has 0 radical (unpaired) electrons. The zero-order valence-electron chi connectivity index (χ0n) is 24.9. The van der Waals surface area contributed by atoms with E-state index in [1.54, 1.807) is 7.11 Å². The Bertz CT molecular complexity index is 1550. The molecule has 1 aromatic heterocycles. The minimum atomic E-state index is -2.32. The van der Waals surface area contributed by atoms with E-state index in [0.29, 0.717) is 12.1 Å². The van der Waals surface area contributed by atoms with Crippen LogP contribution in [-0.4, -0.2) is 26.4 Å². The van der Waals surface area contributed by atoms with Crippen molar-refractivity contribution in [2.45, 2.75) is 64.6 Å². The Morgan fingerprint density at radius 3 is 2.38 bits per heavy atom. The average Bonchev–Trinajstić information content (AvgIpc) is 3.41. The molecule has 4 aromatic rings. The molecule has 0 spiro atoms. The fraction of sp³-hybridized carbons (Fsp3) is 0.371. The number of fused-ring (bicyclic) bond motifs is 5. The summed E-state index contributed by atoms with van der Waals surface area (Å²) >= 11 is 0. The number of nitrogens with zero attached hydrogens (tertiary/aromatic N) is 1. The topological polar surface area (TPSA) is 23.4 Å². The lowest BCUT2D eigenvalue weighted by Gasteiger charge is -2.40. The van der Waals surface area contributed by atoms with Crippen LogP contribution in [0.5, 0.6) is 11.5 Å². The van der Waals surface area contributed by atoms with Gasteiger partial charge in [0.25, 0.3) is 0 Å². The van der Waals surface area contributed by atoms with Gasteiger partial charge in [0.15, 0.2) is 0 Å². The lowest BCUT2D eigenvalue weighted by molar-refractivity contribution is 0.351.